The monoisotopic (exact) mass is 337 g/mol. The third-order valence-corrected chi connectivity index (χ3v) is 2.85. The predicted molar refractivity (Wildman–Crippen MR) is 80.3 cm³/mol. The van der Waals surface area contributed by atoms with Crippen molar-refractivity contribution in [3.05, 3.63) is 46.7 Å². The van der Waals surface area contributed by atoms with Crippen LogP contribution < -0.4 is 10.5 Å². The minimum absolute atomic E-state index is 0. The SMILES string of the molecule is Cc1nnc(Oc2ccc(F)cc2F)c(CN)c1C.Cl.Cl. The molecule has 0 saturated heterocycles. The van der Waals surface area contributed by atoms with E-state index in [0.29, 0.717) is 5.56 Å². The second-order valence-corrected chi connectivity index (χ2v) is 4.08. The van der Waals surface area contributed by atoms with Gasteiger partial charge in [0.2, 0.25) is 5.88 Å². The lowest BCUT2D eigenvalue weighted by Gasteiger charge is -2.12. The van der Waals surface area contributed by atoms with E-state index in [-0.39, 0.29) is 43.0 Å². The highest BCUT2D eigenvalue weighted by Crippen LogP contribution is 2.27. The van der Waals surface area contributed by atoms with E-state index in [2.05, 4.69) is 10.2 Å². The zero-order valence-electron chi connectivity index (χ0n) is 11.4. The molecule has 0 atom stereocenters. The van der Waals surface area contributed by atoms with Crippen molar-refractivity contribution in [2.75, 3.05) is 0 Å². The molecule has 1 heterocycles. The lowest BCUT2D eigenvalue weighted by molar-refractivity contribution is 0.412. The van der Waals surface area contributed by atoms with Crippen molar-refractivity contribution >= 4 is 24.8 Å². The van der Waals surface area contributed by atoms with Crippen LogP contribution in [0.1, 0.15) is 16.8 Å². The Kier molecular flexibility index (Phi) is 7.49. The molecule has 2 rings (SSSR count). The van der Waals surface area contributed by atoms with Crippen molar-refractivity contribution < 1.29 is 13.5 Å². The lowest BCUT2D eigenvalue weighted by atomic mass is 10.1. The number of hydrogen-bond acceptors (Lipinski definition) is 4. The fourth-order valence-corrected chi connectivity index (χ4v) is 1.62. The predicted octanol–water partition coefficient (Wildman–Crippen LogP) is 3.47. The Labute approximate surface area is 133 Å². The Morgan fingerprint density at radius 1 is 1.14 bits per heavy atom. The molecule has 0 radical (unpaired) electrons. The molecule has 1 aromatic heterocycles. The molecule has 8 heteroatoms. The minimum Gasteiger partial charge on any atom is -0.434 e. The number of ether oxygens (including phenoxy) is 1. The number of hydrogen-bond donors (Lipinski definition) is 1. The zero-order valence-corrected chi connectivity index (χ0v) is 13.0. The number of nitrogens with two attached hydrogens (primary N) is 1. The van der Waals surface area contributed by atoms with Gasteiger partial charge in [-0.1, -0.05) is 0 Å². The fraction of sp³-hybridized carbons (Fsp3) is 0.231. The third kappa shape index (κ3) is 4.23. The van der Waals surface area contributed by atoms with Crippen molar-refractivity contribution in [2.24, 2.45) is 5.73 Å². The smallest absolute Gasteiger partial charge is 0.243 e. The first-order chi connectivity index (χ1) is 9.02. The summed E-state index contributed by atoms with van der Waals surface area (Å²) in [6, 6.07) is 3.04. The molecule has 0 aliphatic heterocycles. The van der Waals surface area contributed by atoms with Gasteiger partial charge in [-0.15, -0.1) is 29.9 Å². The quantitative estimate of drug-likeness (QED) is 0.931. The van der Waals surface area contributed by atoms with Gasteiger partial charge in [-0.2, -0.15) is 5.10 Å². The molecule has 2 aromatic rings. The van der Waals surface area contributed by atoms with E-state index in [1.165, 1.54) is 6.07 Å². The first kappa shape index (κ1) is 19.5. The average Bonchev–Trinajstić information content (AvgIpc) is 2.37. The van der Waals surface area contributed by atoms with Gasteiger partial charge in [0.05, 0.1) is 5.69 Å². The standard InChI is InChI=1S/C13H13F2N3O.2ClH/c1-7-8(2)17-18-13(10(7)6-16)19-12-4-3-9(14)5-11(12)15;;/h3-5H,6,16H2,1-2H3;2*1H. The molecule has 0 saturated carbocycles. The first-order valence-corrected chi connectivity index (χ1v) is 5.68. The van der Waals surface area contributed by atoms with Crippen LogP contribution in [0.15, 0.2) is 18.2 Å². The molecular weight excluding hydrogens is 323 g/mol. The first-order valence-electron chi connectivity index (χ1n) is 5.68. The highest BCUT2D eigenvalue weighted by Gasteiger charge is 2.14. The Bertz CT molecular complexity index is 627. The molecule has 2 N–H and O–H groups in total. The van der Waals surface area contributed by atoms with Crippen LogP contribution in [-0.4, -0.2) is 10.2 Å². The maximum Gasteiger partial charge on any atom is 0.243 e. The van der Waals surface area contributed by atoms with Crippen LogP contribution in [0.5, 0.6) is 11.6 Å². The number of aryl methyl sites for hydroxylation is 1. The van der Waals surface area contributed by atoms with Crippen LogP contribution in [-0.2, 0) is 6.54 Å². The molecule has 0 aliphatic carbocycles. The van der Waals surface area contributed by atoms with E-state index in [4.69, 9.17) is 10.5 Å². The van der Waals surface area contributed by atoms with Gasteiger partial charge in [0.25, 0.3) is 0 Å². The summed E-state index contributed by atoms with van der Waals surface area (Å²) >= 11 is 0. The molecule has 0 bridgehead atoms. The van der Waals surface area contributed by atoms with Gasteiger partial charge >= 0.3 is 0 Å². The molecule has 0 unspecified atom stereocenters. The number of halogens is 4. The van der Waals surface area contributed by atoms with Crippen LogP contribution in [0.25, 0.3) is 0 Å². The number of rotatable bonds is 3. The van der Waals surface area contributed by atoms with Gasteiger partial charge in [-0.3, -0.25) is 0 Å². The zero-order chi connectivity index (χ0) is 14.0. The molecule has 4 nitrogen and oxygen atoms in total. The molecule has 21 heavy (non-hydrogen) atoms. The maximum absolute atomic E-state index is 13.5. The summed E-state index contributed by atoms with van der Waals surface area (Å²) in [5, 5.41) is 7.76. The fourth-order valence-electron chi connectivity index (χ4n) is 1.62. The highest BCUT2D eigenvalue weighted by atomic mass is 35.5. The maximum atomic E-state index is 13.5. The molecule has 0 aliphatic rings. The number of aromatic nitrogens is 2. The van der Waals surface area contributed by atoms with Crippen molar-refractivity contribution in [1.29, 1.82) is 0 Å². The number of benzene rings is 1. The summed E-state index contributed by atoms with van der Waals surface area (Å²) in [5.74, 6) is -1.46. The van der Waals surface area contributed by atoms with Crippen molar-refractivity contribution in [2.45, 2.75) is 20.4 Å². The molecule has 1 aromatic carbocycles. The Hall–Kier alpha value is -1.50. The molecule has 0 fully saturated rings. The van der Waals surface area contributed by atoms with E-state index in [0.717, 1.165) is 23.4 Å². The number of nitrogens with zero attached hydrogens (tertiary/aromatic N) is 2. The van der Waals surface area contributed by atoms with Crippen LogP contribution in [0.2, 0.25) is 0 Å². The van der Waals surface area contributed by atoms with Gasteiger partial charge in [0.15, 0.2) is 11.6 Å². The van der Waals surface area contributed by atoms with Crippen molar-refractivity contribution in [1.82, 2.24) is 10.2 Å². The second-order valence-electron chi connectivity index (χ2n) is 4.08. The van der Waals surface area contributed by atoms with Gasteiger partial charge in [-0.25, -0.2) is 8.78 Å². The van der Waals surface area contributed by atoms with E-state index in [1.807, 2.05) is 6.92 Å². The molecule has 0 spiro atoms. The third-order valence-electron chi connectivity index (χ3n) is 2.85. The van der Waals surface area contributed by atoms with E-state index < -0.39 is 11.6 Å². The Morgan fingerprint density at radius 3 is 2.38 bits per heavy atom. The summed E-state index contributed by atoms with van der Waals surface area (Å²) in [6.07, 6.45) is 0. The molecular formula is C13H15Cl2F2N3O. The summed E-state index contributed by atoms with van der Waals surface area (Å²) < 4.78 is 31.6. The van der Waals surface area contributed by atoms with Crippen LogP contribution >= 0.6 is 24.8 Å². The normalized spacial score (nSPS) is 9.57. The average molecular weight is 338 g/mol. The van der Waals surface area contributed by atoms with Crippen molar-refractivity contribution in [3.8, 4) is 11.6 Å². The molecule has 116 valence electrons. The summed E-state index contributed by atoms with van der Waals surface area (Å²) in [6.45, 7) is 3.82. The largest absolute Gasteiger partial charge is 0.434 e. The highest BCUT2D eigenvalue weighted by molar-refractivity contribution is 5.85. The Morgan fingerprint density at radius 2 is 1.81 bits per heavy atom. The van der Waals surface area contributed by atoms with Gasteiger partial charge in [0.1, 0.15) is 5.82 Å². The van der Waals surface area contributed by atoms with E-state index >= 15 is 0 Å². The van der Waals surface area contributed by atoms with Crippen molar-refractivity contribution in [3.63, 3.8) is 0 Å². The van der Waals surface area contributed by atoms with Gasteiger partial charge in [-0.05, 0) is 31.5 Å². The van der Waals surface area contributed by atoms with Gasteiger partial charge < -0.3 is 10.5 Å². The second kappa shape index (κ2) is 8.07. The lowest BCUT2D eigenvalue weighted by Crippen LogP contribution is -2.07. The molecule has 0 amide bonds. The van der Waals surface area contributed by atoms with E-state index in [9.17, 15) is 8.78 Å². The van der Waals surface area contributed by atoms with Crippen LogP contribution in [0, 0.1) is 25.5 Å². The van der Waals surface area contributed by atoms with Crippen LogP contribution in [0.4, 0.5) is 8.78 Å². The summed E-state index contributed by atoms with van der Waals surface area (Å²) in [4.78, 5) is 0. The van der Waals surface area contributed by atoms with Crippen LogP contribution in [0.3, 0.4) is 0 Å². The van der Waals surface area contributed by atoms with E-state index in [1.54, 1.807) is 6.92 Å². The summed E-state index contributed by atoms with van der Waals surface area (Å²) in [5.41, 5.74) is 7.86. The van der Waals surface area contributed by atoms with Gasteiger partial charge in [0, 0.05) is 18.2 Å². The topological polar surface area (TPSA) is 61.0 Å². The summed E-state index contributed by atoms with van der Waals surface area (Å²) in [7, 11) is 0. The Balaban J connectivity index is 0.00000200. The minimum atomic E-state index is -0.803.